The first-order valence-corrected chi connectivity index (χ1v) is 4.16. The zero-order valence-electron chi connectivity index (χ0n) is 7.49. The van der Waals surface area contributed by atoms with Crippen LogP contribution in [0.4, 0.5) is 0 Å². The molecule has 2 atom stereocenters. The molecule has 0 bridgehead atoms. The predicted octanol–water partition coefficient (Wildman–Crippen LogP) is 0.144. The number of hydrogen-bond acceptors (Lipinski definition) is 2. The predicted molar refractivity (Wildman–Crippen MR) is 59.9 cm³/mol. The van der Waals surface area contributed by atoms with Crippen LogP contribution in [0.3, 0.4) is 0 Å². The second-order valence-electron chi connectivity index (χ2n) is 2.93. The van der Waals surface area contributed by atoms with Crippen molar-refractivity contribution in [2.75, 3.05) is 7.05 Å². The molecule has 0 aliphatic carbocycles. The number of aliphatic hydroxyl groups excluding tert-OH is 1. The summed E-state index contributed by atoms with van der Waals surface area (Å²) in [5.74, 6) is 0. The molecule has 1 rings (SSSR count). The van der Waals surface area contributed by atoms with E-state index in [2.05, 4.69) is 5.32 Å². The van der Waals surface area contributed by atoms with Gasteiger partial charge in [0, 0.05) is 6.04 Å². The second-order valence-corrected chi connectivity index (χ2v) is 2.93. The summed E-state index contributed by atoms with van der Waals surface area (Å²) in [6.07, 6.45) is -0.420. The van der Waals surface area contributed by atoms with Crippen molar-refractivity contribution in [2.24, 2.45) is 0 Å². The summed E-state index contributed by atoms with van der Waals surface area (Å²) in [5.41, 5.74) is 0.958. The Kier molecular flexibility index (Phi) is 6.47. The molecule has 0 unspecified atom stereocenters. The van der Waals surface area contributed by atoms with E-state index in [1.165, 1.54) is 0 Å². The van der Waals surface area contributed by atoms with Gasteiger partial charge in [0.05, 0.1) is 6.10 Å². The molecule has 0 amide bonds. The molecule has 0 aliphatic rings. The van der Waals surface area contributed by atoms with Crippen LogP contribution in [0.25, 0.3) is 0 Å². The van der Waals surface area contributed by atoms with Gasteiger partial charge in [0.25, 0.3) is 0 Å². The quantitative estimate of drug-likeness (QED) is 0.827. The van der Waals surface area contributed by atoms with E-state index in [4.69, 9.17) is 0 Å². The first kappa shape index (κ1) is 13.0. The molecule has 0 fully saturated rings. The van der Waals surface area contributed by atoms with Crippen LogP contribution in [0.2, 0.25) is 0 Å². The van der Waals surface area contributed by atoms with Crippen molar-refractivity contribution in [2.45, 2.75) is 19.1 Å². The number of aliphatic hydroxyl groups is 1. The number of hydrogen-bond donors (Lipinski definition) is 2. The third-order valence-electron chi connectivity index (χ3n) is 2.07. The average molecular weight is 283 g/mol. The molecule has 72 valence electrons. The Balaban J connectivity index is 0.00000144. The third kappa shape index (κ3) is 3.71. The van der Waals surface area contributed by atoms with E-state index in [1.54, 1.807) is 0 Å². The molecule has 2 N–H and O–H groups in total. The maximum absolute atomic E-state index is 9.73. The van der Waals surface area contributed by atoms with Crippen LogP contribution in [0, 0.1) is 0 Å². The summed E-state index contributed by atoms with van der Waals surface area (Å²) in [6.45, 7) is 1.96. The van der Waals surface area contributed by atoms with Gasteiger partial charge in [0.1, 0.15) is 0 Å². The second kappa shape index (κ2) is 6.46. The molecule has 1 aromatic carbocycles. The molecular weight excluding hydrogens is 265 g/mol. The van der Waals surface area contributed by atoms with Gasteiger partial charge < -0.3 is 10.4 Å². The number of benzene rings is 1. The summed E-state index contributed by atoms with van der Waals surface area (Å²) >= 11 is 0. The first-order chi connectivity index (χ1) is 5.75. The Labute approximate surface area is 98.1 Å². The minimum absolute atomic E-state index is 0. The van der Waals surface area contributed by atoms with Crippen LogP contribution < -0.4 is 5.32 Å². The van der Waals surface area contributed by atoms with Gasteiger partial charge in [0.15, 0.2) is 0 Å². The van der Waals surface area contributed by atoms with Crippen LogP contribution in [0.1, 0.15) is 18.6 Å². The fraction of sp³-hybridized carbons (Fsp3) is 0.400. The molecule has 0 spiro atoms. The van der Waals surface area contributed by atoms with Gasteiger partial charge in [-0.3, -0.25) is 0 Å². The average Bonchev–Trinajstić information content (AvgIpc) is 2.17. The van der Waals surface area contributed by atoms with E-state index in [0.29, 0.717) is 0 Å². The van der Waals surface area contributed by atoms with Crippen LogP contribution >= 0.6 is 0 Å². The standard InChI is InChI=1S/C10H15NO.In.3H/c1-8(11-2)10(12)9-6-4-3-5-7-9;;;;/h3-8,10-12H,1-2H3;;;;/t8-,10-;;;;/m0..../s1. The Morgan fingerprint density at radius 3 is 2.23 bits per heavy atom. The Bertz CT molecular complexity index is 228. The van der Waals surface area contributed by atoms with Gasteiger partial charge in [-0.15, -0.1) is 0 Å². The van der Waals surface area contributed by atoms with Crippen molar-refractivity contribution >= 4 is 25.8 Å². The fourth-order valence-corrected chi connectivity index (χ4v) is 1.10. The molecule has 0 heterocycles. The number of nitrogens with one attached hydrogen (secondary N) is 1. The van der Waals surface area contributed by atoms with Gasteiger partial charge in [-0.2, -0.15) is 0 Å². The van der Waals surface area contributed by atoms with E-state index >= 15 is 0 Å². The summed E-state index contributed by atoms with van der Waals surface area (Å²) in [7, 11) is 1.84. The zero-order valence-corrected chi connectivity index (χ0v) is 7.49. The molecule has 0 aliphatic heterocycles. The van der Waals surface area contributed by atoms with E-state index in [9.17, 15) is 5.11 Å². The van der Waals surface area contributed by atoms with Gasteiger partial charge in [-0.1, -0.05) is 30.3 Å². The van der Waals surface area contributed by atoms with Crippen LogP contribution in [-0.2, 0) is 0 Å². The topological polar surface area (TPSA) is 32.3 Å². The number of rotatable bonds is 3. The van der Waals surface area contributed by atoms with E-state index in [0.717, 1.165) is 5.56 Å². The summed E-state index contributed by atoms with van der Waals surface area (Å²) < 4.78 is 0. The molecule has 13 heavy (non-hydrogen) atoms. The third-order valence-corrected chi connectivity index (χ3v) is 2.07. The minimum atomic E-state index is -0.420. The van der Waals surface area contributed by atoms with Gasteiger partial charge in [-0.25, -0.2) is 0 Å². The molecule has 0 saturated heterocycles. The van der Waals surface area contributed by atoms with Gasteiger partial charge in [0.2, 0.25) is 0 Å². The van der Waals surface area contributed by atoms with Crippen molar-refractivity contribution < 1.29 is 5.11 Å². The van der Waals surface area contributed by atoms with Gasteiger partial charge in [-0.05, 0) is 19.5 Å². The van der Waals surface area contributed by atoms with Crippen molar-refractivity contribution in [3.05, 3.63) is 35.9 Å². The molecule has 0 saturated carbocycles. The first-order valence-electron chi connectivity index (χ1n) is 4.16. The van der Waals surface area contributed by atoms with E-state index in [-0.39, 0.29) is 31.9 Å². The van der Waals surface area contributed by atoms with Crippen molar-refractivity contribution in [1.82, 2.24) is 5.32 Å². The maximum atomic E-state index is 9.73. The Morgan fingerprint density at radius 1 is 1.23 bits per heavy atom. The number of likely N-dealkylation sites (N-methyl/N-ethyl adjacent to an activating group) is 1. The van der Waals surface area contributed by atoms with Crippen LogP contribution in [0.5, 0.6) is 0 Å². The van der Waals surface area contributed by atoms with Crippen molar-refractivity contribution in [3.63, 3.8) is 0 Å². The molecule has 2 nitrogen and oxygen atoms in total. The van der Waals surface area contributed by atoms with Crippen LogP contribution in [0.15, 0.2) is 30.3 Å². The molecule has 0 radical (unpaired) electrons. The molecular formula is C10H18InNO. The van der Waals surface area contributed by atoms with Crippen molar-refractivity contribution in [1.29, 1.82) is 0 Å². The Hall–Kier alpha value is 0.0101. The summed E-state index contributed by atoms with van der Waals surface area (Å²) in [4.78, 5) is 0. The monoisotopic (exact) mass is 283 g/mol. The summed E-state index contributed by atoms with van der Waals surface area (Å²) in [5, 5.41) is 12.7. The fourth-order valence-electron chi connectivity index (χ4n) is 1.10. The molecule has 0 aromatic heterocycles. The van der Waals surface area contributed by atoms with Gasteiger partial charge >= 0.3 is 25.8 Å². The van der Waals surface area contributed by atoms with Crippen molar-refractivity contribution in [3.8, 4) is 0 Å². The Morgan fingerprint density at radius 2 is 1.77 bits per heavy atom. The van der Waals surface area contributed by atoms with E-state index < -0.39 is 6.10 Å². The van der Waals surface area contributed by atoms with E-state index in [1.807, 2.05) is 44.3 Å². The summed E-state index contributed by atoms with van der Waals surface area (Å²) in [6, 6.07) is 9.76. The zero-order chi connectivity index (χ0) is 8.97. The molecule has 1 aromatic rings. The SMILES string of the molecule is CN[C@@H](C)[C@H](O)c1ccccc1.[InH3]. The normalized spacial score (nSPS) is 14.4. The van der Waals surface area contributed by atoms with Crippen LogP contribution in [-0.4, -0.2) is 44.0 Å². The molecule has 3 heteroatoms.